The summed E-state index contributed by atoms with van der Waals surface area (Å²) in [6.45, 7) is 6.79. The molecule has 1 aliphatic heterocycles. The van der Waals surface area contributed by atoms with Gasteiger partial charge in [-0.05, 0) is 67.8 Å². The maximum atomic E-state index is 12.6. The minimum Gasteiger partial charge on any atom is -0.494 e. The van der Waals surface area contributed by atoms with Gasteiger partial charge in [0.25, 0.3) is 0 Å². The van der Waals surface area contributed by atoms with Crippen LogP contribution in [0, 0.1) is 13.8 Å². The quantitative estimate of drug-likeness (QED) is 0.699. The zero-order valence-electron chi connectivity index (χ0n) is 17.8. The molecule has 0 radical (unpaired) electrons. The lowest BCUT2D eigenvalue weighted by molar-refractivity contribution is -0.127. The zero-order chi connectivity index (χ0) is 21.7. The average Bonchev–Trinajstić information content (AvgIpc) is 2.98. The van der Waals surface area contributed by atoms with Crippen LogP contribution in [-0.2, 0) is 9.59 Å². The Bertz CT molecular complexity index is 957. The van der Waals surface area contributed by atoms with Gasteiger partial charge in [-0.15, -0.1) is 0 Å². The van der Waals surface area contributed by atoms with Crippen molar-refractivity contribution in [2.75, 3.05) is 19.0 Å². The standard InChI is InChI=1S/C23H27N3O3S/c1-5-12-29-19-10-8-17(9-11-19)24-21(27)14-20-22(28)26(4)23(30-20)25-18-7-6-15(2)16(3)13-18/h6-11,13,20H,5,12,14H2,1-4H3,(H,24,27). The van der Waals surface area contributed by atoms with Crippen LogP contribution >= 0.6 is 11.8 Å². The summed E-state index contributed by atoms with van der Waals surface area (Å²) in [6, 6.07) is 13.2. The molecule has 1 aliphatic rings. The summed E-state index contributed by atoms with van der Waals surface area (Å²) >= 11 is 1.33. The van der Waals surface area contributed by atoms with E-state index in [1.165, 1.54) is 22.2 Å². The van der Waals surface area contributed by atoms with Crippen LogP contribution in [0.1, 0.15) is 30.9 Å². The third-order valence-electron chi connectivity index (χ3n) is 4.84. The molecule has 0 aliphatic carbocycles. The first-order chi connectivity index (χ1) is 14.4. The highest BCUT2D eigenvalue weighted by molar-refractivity contribution is 8.15. The number of amides is 2. The maximum Gasteiger partial charge on any atom is 0.242 e. The number of anilines is 1. The SMILES string of the molecule is CCCOc1ccc(NC(=O)CC2SC(=Nc3ccc(C)c(C)c3)N(C)C2=O)cc1. The topological polar surface area (TPSA) is 71.0 Å². The molecule has 0 spiro atoms. The summed E-state index contributed by atoms with van der Waals surface area (Å²) < 4.78 is 5.54. The van der Waals surface area contributed by atoms with Crippen LogP contribution in [0.15, 0.2) is 47.5 Å². The molecule has 2 amide bonds. The van der Waals surface area contributed by atoms with Gasteiger partial charge in [-0.25, -0.2) is 4.99 Å². The van der Waals surface area contributed by atoms with Crippen LogP contribution in [0.3, 0.4) is 0 Å². The number of amidine groups is 1. The normalized spacial score (nSPS) is 17.5. The fraction of sp³-hybridized carbons (Fsp3) is 0.348. The number of carbonyl (C=O) groups is 2. The molecular formula is C23H27N3O3S. The number of nitrogens with zero attached hydrogens (tertiary/aromatic N) is 2. The summed E-state index contributed by atoms with van der Waals surface area (Å²) in [6.07, 6.45) is 1.03. The third-order valence-corrected chi connectivity index (χ3v) is 6.07. The molecule has 158 valence electrons. The fourth-order valence-electron chi connectivity index (χ4n) is 2.94. The van der Waals surface area contributed by atoms with E-state index in [1.807, 2.05) is 51.1 Å². The molecule has 1 heterocycles. The second kappa shape index (κ2) is 9.80. The van der Waals surface area contributed by atoms with E-state index in [9.17, 15) is 9.59 Å². The molecule has 1 saturated heterocycles. The van der Waals surface area contributed by atoms with Gasteiger partial charge in [0, 0.05) is 19.2 Å². The highest BCUT2D eigenvalue weighted by atomic mass is 32.2. The molecule has 0 saturated carbocycles. The van der Waals surface area contributed by atoms with Gasteiger partial charge >= 0.3 is 0 Å². The summed E-state index contributed by atoms with van der Waals surface area (Å²) in [5.74, 6) is 0.454. The average molecular weight is 426 g/mol. The van der Waals surface area contributed by atoms with Crippen LogP contribution in [0.4, 0.5) is 11.4 Å². The van der Waals surface area contributed by atoms with Gasteiger partial charge in [0.05, 0.1) is 12.3 Å². The van der Waals surface area contributed by atoms with E-state index in [4.69, 9.17) is 4.74 Å². The fourth-order valence-corrected chi connectivity index (χ4v) is 4.09. The number of aliphatic imine (C=N–C) groups is 1. The van der Waals surface area contributed by atoms with Gasteiger partial charge in [-0.3, -0.25) is 14.5 Å². The molecule has 7 heteroatoms. The van der Waals surface area contributed by atoms with Crippen molar-refractivity contribution in [1.82, 2.24) is 4.90 Å². The van der Waals surface area contributed by atoms with Crippen LogP contribution in [0.2, 0.25) is 0 Å². The van der Waals surface area contributed by atoms with E-state index >= 15 is 0 Å². The Morgan fingerprint density at radius 2 is 1.90 bits per heavy atom. The maximum absolute atomic E-state index is 12.6. The van der Waals surface area contributed by atoms with Crippen LogP contribution in [-0.4, -0.2) is 40.8 Å². The van der Waals surface area contributed by atoms with Gasteiger partial charge in [-0.1, -0.05) is 24.8 Å². The van der Waals surface area contributed by atoms with Crippen LogP contribution in [0.25, 0.3) is 0 Å². The zero-order valence-corrected chi connectivity index (χ0v) is 18.6. The number of carbonyl (C=O) groups excluding carboxylic acids is 2. The van der Waals surface area contributed by atoms with E-state index in [1.54, 1.807) is 19.2 Å². The Morgan fingerprint density at radius 3 is 2.57 bits per heavy atom. The summed E-state index contributed by atoms with van der Waals surface area (Å²) in [5.41, 5.74) is 3.82. The second-order valence-electron chi connectivity index (χ2n) is 7.29. The first-order valence-corrected chi connectivity index (χ1v) is 10.9. The highest BCUT2D eigenvalue weighted by Crippen LogP contribution is 2.31. The minimum atomic E-state index is -0.479. The van der Waals surface area contributed by atoms with Gasteiger partial charge in [-0.2, -0.15) is 0 Å². The number of hydrogen-bond donors (Lipinski definition) is 1. The van der Waals surface area contributed by atoms with E-state index in [2.05, 4.69) is 10.3 Å². The van der Waals surface area contributed by atoms with Crippen molar-refractivity contribution in [3.05, 3.63) is 53.6 Å². The number of hydrogen-bond acceptors (Lipinski definition) is 5. The van der Waals surface area contributed by atoms with Crippen molar-refractivity contribution in [2.45, 2.75) is 38.9 Å². The predicted molar refractivity (Wildman–Crippen MR) is 123 cm³/mol. The number of thioether (sulfide) groups is 1. The molecule has 1 N–H and O–H groups in total. The number of benzene rings is 2. The van der Waals surface area contributed by atoms with Crippen molar-refractivity contribution in [3.8, 4) is 5.75 Å². The molecule has 1 unspecified atom stereocenters. The minimum absolute atomic E-state index is 0.0911. The van der Waals surface area contributed by atoms with Gasteiger partial charge in [0.15, 0.2) is 5.17 Å². The number of rotatable bonds is 7. The Kier molecular flexibility index (Phi) is 7.15. The number of nitrogens with one attached hydrogen (secondary N) is 1. The van der Waals surface area contributed by atoms with E-state index < -0.39 is 5.25 Å². The molecule has 2 aromatic carbocycles. The summed E-state index contributed by atoms with van der Waals surface area (Å²) in [4.78, 5) is 31.2. The van der Waals surface area contributed by atoms with Crippen LogP contribution in [0.5, 0.6) is 5.75 Å². The molecule has 0 aromatic heterocycles. The third kappa shape index (κ3) is 5.42. The van der Waals surface area contributed by atoms with Crippen molar-refractivity contribution in [2.24, 2.45) is 4.99 Å². The van der Waals surface area contributed by atoms with Gasteiger partial charge in [0.1, 0.15) is 11.0 Å². The molecule has 0 bridgehead atoms. The number of aryl methyl sites for hydroxylation is 2. The predicted octanol–water partition coefficient (Wildman–Crippen LogP) is 4.68. The molecule has 1 fully saturated rings. The molecule has 30 heavy (non-hydrogen) atoms. The van der Waals surface area contributed by atoms with Crippen molar-refractivity contribution < 1.29 is 14.3 Å². The Labute approximate surface area is 181 Å². The first-order valence-electron chi connectivity index (χ1n) is 10.00. The lowest BCUT2D eigenvalue weighted by Crippen LogP contribution is -2.30. The van der Waals surface area contributed by atoms with Crippen molar-refractivity contribution in [1.29, 1.82) is 0 Å². The number of ether oxygens (including phenoxy) is 1. The first kappa shape index (κ1) is 21.9. The molecular weight excluding hydrogens is 398 g/mol. The van der Waals surface area contributed by atoms with Gasteiger partial charge in [0.2, 0.25) is 11.8 Å². The summed E-state index contributed by atoms with van der Waals surface area (Å²) in [7, 11) is 1.70. The van der Waals surface area contributed by atoms with E-state index in [-0.39, 0.29) is 18.2 Å². The Balaban J connectivity index is 1.61. The van der Waals surface area contributed by atoms with Gasteiger partial charge < -0.3 is 10.1 Å². The molecule has 2 aromatic rings. The smallest absolute Gasteiger partial charge is 0.242 e. The second-order valence-corrected chi connectivity index (χ2v) is 8.46. The highest BCUT2D eigenvalue weighted by Gasteiger charge is 2.37. The molecule has 1 atom stereocenters. The lowest BCUT2D eigenvalue weighted by atomic mass is 10.1. The van der Waals surface area contributed by atoms with E-state index in [0.29, 0.717) is 17.5 Å². The van der Waals surface area contributed by atoms with Crippen LogP contribution < -0.4 is 10.1 Å². The van der Waals surface area contributed by atoms with Crippen molar-refractivity contribution >= 4 is 40.1 Å². The Morgan fingerprint density at radius 1 is 1.17 bits per heavy atom. The van der Waals surface area contributed by atoms with E-state index in [0.717, 1.165) is 23.4 Å². The Hall–Kier alpha value is -2.80. The van der Waals surface area contributed by atoms with Crippen molar-refractivity contribution in [3.63, 3.8) is 0 Å². The summed E-state index contributed by atoms with van der Waals surface area (Å²) in [5, 5.41) is 2.98. The molecule has 3 rings (SSSR count). The lowest BCUT2D eigenvalue weighted by Gasteiger charge is -2.10. The largest absolute Gasteiger partial charge is 0.494 e. The monoisotopic (exact) mass is 425 g/mol. The molecule has 6 nitrogen and oxygen atoms in total.